The van der Waals surface area contributed by atoms with Crippen molar-refractivity contribution in [1.29, 1.82) is 5.26 Å². The summed E-state index contributed by atoms with van der Waals surface area (Å²) in [7, 11) is 0. The van der Waals surface area contributed by atoms with Crippen LogP contribution in [0.4, 0.5) is 0 Å². The predicted octanol–water partition coefficient (Wildman–Crippen LogP) is 1.84. The molecule has 0 heterocycles. The smallest absolute Gasteiger partial charge is 0.330 e. The van der Waals surface area contributed by atoms with Crippen molar-refractivity contribution in [1.82, 2.24) is 0 Å². The zero-order valence-electron chi connectivity index (χ0n) is 29.8. The number of carbonyl (C=O) groups is 2. The van der Waals surface area contributed by atoms with Gasteiger partial charge in [0.1, 0.15) is 11.2 Å². The Kier molecular flexibility index (Phi) is 43.9. The highest BCUT2D eigenvalue weighted by atomic mass is 16.6. The summed E-state index contributed by atoms with van der Waals surface area (Å²) in [4.78, 5) is 21.9. The monoisotopic (exact) mass is 685 g/mol. The molecule has 0 fully saturated rings. The van der Waals surface area contributed by atoms with Crippen LogP contribution in [-0.4, -0.2) is 151 Å². The van der Waals surface area contributed by atoms with E-state index in [0.29, 0.717) is 92.5 Å². The Morgan fingerprint density at radius 1 is 0.574 bits per heavy atom. The van der Waals surface area contributed by atoms with Crippen LogP contribution in [-0.2, 0) is 52.2 Å². The highest BCUT2D eigenvalue weighted by Gasteiger charge is 2.15. The van der Waals surface area contributed by atoms with E-state index in [0.717, 1.165) is 6.08 Å². The van der Waals surface area contributed by atoms with Crippen LogP contribution in [0.1, 0.15) is 54.9 Å². The van der Waals surface area contributed by atoms with E-state index in [4.69, 9.17) is 63.2 Å². The molecule has 0 saturated heterocycles. The molecule has 0 amide bonds. The van der Waals surface area contributed by atoms with Crippen molar-refractivity contribution in [2.75, 3.05) is 112 Å². The minimum Gasteiger partial charge on any atom is -0.460 e. The molecule has 0 bridgehead atoms. The third-order valence-corrected chi connectivity index (χ3v) is 4.01. The Labute approximate surface area is 282 Å². The molecule has 0 saturated carbocycles. The number of nitrogens with zero attached hydrogens (tertiary/aromatic N) is 1. The number of aliphatic hydroxyl groups excluding tert-OH is 3. The first-order chi connectivity index (χ1) is 22.2. The first-order valence-electron chi connectivity index (χ1n) is 15.5. The van der Waals surface area contributed by atoms with Gasteiger partial charge in [-0.05, 0) is 41.5 Å². The number of hydrogen-bond acceptors (Lipinski definition) is 15. The zero-order chi connectivity index (χ0) is 36.7. The van der Waals surface area contributed by atoms with Gasteiger partial charge >= 0.3 is 11.9 Å². The molecule has 0 aromatic rings. The SMILES string of the molecule is C=CC(=O)OC(C)(C)C.CC#N.CC(C)(C)OC(=O)CCOCCOCCOCCOCCO.OCCOCCOCCOCCO. The predicted molar refractivity (Wildman–Crippen MR) is 175 cm³/mol. The first-order valence-corrected chi connectivity index (χ1v) is 15.5. The summed E-state index contributed by atoms with van der Waals surface area (Å²) in [6.07, 6.45) is 1.40. The summed E-state index contributed by atoms with van der Waals surface area (Å²) in [5.74, 6) is -0.632. The fraction of sp³-hybridized carbons (Fsp3) is 0.844. The van der Waals surface area contributed by atoms with Crippen molar-refractivity contribution in [3.63, 3.8) is 0 Å². The summed E-state index contributed by atoms with van der Waals surface area (Å²) in [6, 6.07) is 1.75. The highest BCUT2D eigenvalue weighted by molar-refractivity contribution is 5.81. The average molecular weight is 686 g/mol. The van der Waals surface area contributed by atoms with E-state index in [1.807, 2.05) is 41.5 Å². The van der Waals surface area contributed by atoms with Gasteiger partial charge < -0.3 is 58.0 Å². The molecular weight excluding hydrogens is 622 g/mol. The summed E-state index contributed by atoms with van der Waals surface area (Å²) in [5.41, 5.74) is -0.853. The van der Waals surface area contributed by atoms with Crippen molar-refractivity contribution in [3.05, 3.63) is 12.7 Å². The van der Waals surface area contributed by atoms with Gasteiger partial charge in [0.2, 0.25) is 0 Å². The Morgan fingerprint density at radius 2 is 0.830 bits per heavy atom. The maximum Gasteiger partial charge on any atom is 0.330 e. The van der Waals surface area contributed by atoms with Crippen molar-refractivity contribution in [3.8, 4) is 6.07 Å². The molecule has 0 radical (unpaired) electrons. The van der Waals surface area contributed by atoms with Crippen molar-refractivity contribution in [2.45, 2.75) is 66.1 Å². The molecule has 3 N–H and O–H groups in total. The molecule has 280 valence electrons. The Bertz CT molecular complexity index is 708. The van der Waals surface area contributed by atoms with E-state index in [-0.39, 0.29) is 38.2 Å². The summed E-state index contributed by atoms with van der Waals surface area (Å²) in [5, 5.41) is 32.5. The first kappa shape index (κ1) is 51.6. The van der Waals surface area contributed by atoms with Gasteiger partial charge in [-0.25, -0.2) is 4.79 Å². The van der Waals surface area contributed by atoms with Crippen LogP contribution < -0.4 is 0 Å². The van der Waals surface area contributed by atoms with E-state index in [1.54, 1.807) is 6.07 Å². The number of carbonyl (C=O) groups excluding carboxylic acids is 2. The van der Waals surface area contributed by atoms with Gasteiger partial charge in [0, 0.05) is 13.0 Å². The molecule has 0 atom stereocenters. The molecule has 47 heavy (non-hydrogen) atoms. The molecule has 0 aliphatic rings. The molecule has 0 aromatic carbocycles. The summed E-state index contributed by atoms with van der Waals surface area (Å²) < 4.78 is 45.9. The summed E-state index contributed by atoms with van der Waals surface area (Å²) >= 11 is 0. The van der Waals surface area contributed by atoms with Gasteiger partial charge in [0.05, 0.1) is 125 Å². The molecular formula is C32H63NO14. The number of aliphatic hydroxyl groups is 3. The summed E-state index contributed by atoms with van der Waals surface area (Å²) in [6.45, 7) is 21.9. The number of ether oxygens (including phenoxy) is 9. The van der Waals surface area contributed by atoms with Gasteiger partial charge in [-0.15, -0.1) is 0 Å². The van der Waals surface area contributed by atoms with Crippen LogP contribution >= 0.6 is 0 Å². The van der Waals surface area contributed by atoms with Gasteiger partial charge in [-0.3, -0.25) is 4.79 Å². The van der Waals surface area contributed by atoms with Crippen molar-refractivity contribution >= 4 is 11.9 Å². The van der Waals surface area contributed by atoms with E-state index in [9.17, 15) is 9.59 Å². The second-order valence-electron chi connectivity index (χ2n) is 10.8. The molecule has 0 aliphatic heterocycles. The number of nitriles is 1. The number of esters is 2. The van der Waals surface area contributed by atoms with Crippen LogP contribution in [0.15, 0.2) is 12.7 Å². The van der Waals surface area contributed by atoms with E-state index >= 15 is 0 Å². The normalized spacial score (nSPS) is 10.6. The molecule has 15 nitrogen and oxygen atoms in total. The van der Waals surface area contributed by atoms with Gasteiger partial charge in [-0.1, -0.05) is 6.58 Å². The lowest BCUT2D eigenvalue weighted by Gasteiger charge is -2.19. The Hall–Kier alpha value is -2.23. The minimum absolute atomic E-state index is 0.0248. The maximum atomic E-state index is 11.4. The molecule has 0 aliphatic carbocycles. The van der Waals surface area contributed by atoms with Gasteiger partial charge in [0.15, 0.2) is 0 Å². The molecule has 0 rings (SSSR count). The number of rotatable bonds is 25. The lowest BCUT2D eigenvalue weighted by molar-refractivity contribution is -0.156. The van der Waals surface area contributed by atoms with Crippen LogP contribution in [0, 0.1) is 11.3 Å². The van der Waals surface area contributed by atoms with Crippen LogP contribution in [0.25, 0.3) is 0 Å². The van der Waals surface area contributed by atoms with Crippen LogP contribution in [0.3, 0.4) is 0 Å². The largest absolute Gasteiger partial charge is 0.460 e. The van der Waals surface area contributed by atoms with E-state index in [2.05, 4.69) is 6.58 Å². The quantitative estimate of drug-likeness (QED) is 0.0713. The number of hydrogen-bond donors (Lipinski definition) is 3. The topological polar surface area (TPSA) is 202 Å². The average Bonchev–Trinajstić information content (AvgIpc) is 2.98. The molecule has 15 heteroatoms. The third-order valence-electron chi connectivity index (χ3n) is 4.01. The standard InChI is InChI=1S/C15H30O7.C8H18O5.C7H12O2.C2H3N/c1-15(2,3)22-14(17)4-6-18-8-10-20-12-13-21-11-9-19-7-5-16;9-1-3-11-5-7-13-8-6-12-4-2-10;1-5-6(8)9-7(2,3)4;1-2-3/h16H,4-13H2,1-3H3;9-10H,1-8H2;5H,1H2,2-4H3;1H3. The van der Waals surface area contributed by atoms with Crippen molar-refractivity contribution in [2.24, 2.45) is 0 Å². The lowest BCUT2D eigenvalue weighted by atomic mass is 10.2. The van der Waals surface area contributed by atoms with E-state index in [1.165, 1.54) is 6.92 Å². The Balaban J connectivity index is -0.000000312. The van der Waals surface area contributed by atoms with Crippen LogP contribution in [0.2, 0.25) is 0 Å². The third kappa shape index (κ3) is 63.2. The lowest BCUT2D eigenvalue weighted by Crippen LogP contribution is -2.24. The molecule has 0 spiro atoms. The van der Waals surface area contributed by atoms with Crippen molar-refractivity contribution < 1.29 is 67.5 Å². The Morgan fingerprint density at radius 3 is 1.04 bits per heavy atom. The zero-order valence-corrected chi connectivity index (χ0v) is 29.8. The second-order valence-corrected chi connectivity index (χ2v) is 10.8. The van der Waals surface area contributed by atoms with Gasteiger partial charge in [-0.2, -0.15) is 5.26 Å². The fourth-order valence-corrected chi connectivity index (χ4v) is 2.39. The second kappa shape index (κ2) is 39.9. The molecule has 0 unspecified atom stereocenters. The maximum absolute atomic E-state index is 11.4. The van der Waals surface area contributed by atoms with Gasteiger partial charge in [0.25, 0.3) is 0 Å². The highest BCUT2D eigenvalue weighted by Crippen LogP contribution is 2.08. The minimum atomic E-state index is -0.455. The molecule has 0 aromatic heterocycles. The fourth-order valence-electron chi connectivity index (χ4n) is 2.39. The van der Waals surface area contributed by atoms with E-state index < -0.39 is 11.2 Å². The van der Waals surface area contributed by atoms with Crippen LogP contribution in [0.5, 0.6) is 0 Å².